The molecule has 0 fully saturated rings. The Morgan fingerprint density at radius 2 is 1.64 bits per heavy atom. The molecule has 0 atom stereocenters. The minimum atomic E-state index is 0.745. The Labute approximate surface area is 131 Å². The van der Waals surface area contributed by atoms with E-state index in [4.69, 9.17) is 5.10 Å². The average Bonchev–Trinajstić information content (AvgIpc) is 3.00. The second kappa shape index (κ2) is 6.45. The lowest BCUT2D eigenvalue weighted by Gasteiger charge is -2.20. The maximum atomic E-state index is 4.73. The molecule has 1 N–H and O–H groups in total. The third kappa shape index (κ3) is 2.87. The molecule has 22 heavy (non-hydrogen) atoms. The SMILES string of the molecule is CNCc1cc(N(C)c2ccccc2)n(-c2ccccc2)n1. The van der Waals surface area contributed by atoms with E-state index in [2.05, 4.69) is 47.6 Å². The standard InChI is InChI=1S/C18H20N4/c1-19-14-15-13-18(21(2)16-9-5-3-6-10-16)22(20-15)17-11-7-4-8-12-17/h3-13,19H,14H2,1-2H3. The molecular weight excluding hydrogens is 272 g/mol. The van der Waals surface area contributed by atoms with E-state index in [1.807, 2.05) is 48.1 Å². The highest BCUT2D eigenvalue weighted by molar-refractivity contribution is 5.61. The van der Waals surface area contributed by atoms with Crippen molar-refractivity contribution < 1.29 is 0 Å². The predicted octanol–water partition coefficient (Wildman–Crippen LogP) is 3.36. The summed E-state index contributed by atoms with van der Waals surface area (Å²) in [6.07, 6.45) is 0. The number of rotatable bonds is 5. The van der Waals surface area contributed by atoms with Gasteiger partial charge in [0.15, 0.2) is 0 Å². The van der Waals surface area contributed by atoms with Crippen LogP contribution in [0.15, 0.2) is 66.7 Å². The van der Waals surface area contributed by atoms with Crippen LogP contribution in [-0.4, -0.2) is 23.9 Å². The molecule has 0 spiro atoms. The van der Waals surface area contributed by atoms with Crippen LogP contribution in [0, 0.1) is 0 Å². The summed E-state index contributed by atoms with van der Waals surface area (Å²) in [6.45, 7) is 0.745. The molecule has 3 rings (SSSR count). The van der Waals surface area contributed by atoms with Crippen LogP contribution in [0.5, 0.6) is 0 Å². The zero-order valence-corrected chi connectivity index (χ0v) is 12.9. The number of benzene rings is 2. The zero-order valence-electron chi connectivity index (χ0n) is 12.9. The molecule has 0 radical (unpaired) electrons. The molecule has 3 aromatic rings. The minimum absolute atomic E-state index is 0.745. The molecule has 0 amide bonds. The van der Waals surface area contributed by atoms with Crippen molar-refractivity contribution in [2.75, 3.05) is 19.0 Å². The Kier molecular flexibility index (Phi) is 4.21. The van der Waals surface area contributed by atoms with Crippen LogP contribution in [0.3, 0.4) is 0 Å². The summed E-state index contributed by atoms with van der Waals surface area (Å²) in [7, 11) is 4.00. The van der Waals surface area contributed by atoms with Crippen LogP contribution in [0.4, 0.5) is 11.5 Å². The van der Waals surface area contributed by atoms with Gasteiger partial charge in [0.25, 0.3) is 0 Å². The fourth-order valence-electron chi connectivity index (χ4n) is 2.47. The van der Waals surface area contributed by atoms with E-state index in [0.717, 1.165) is 29.4 Å². The van der Waals surface area contributed by atoms with Gasteiger partial charge in [-0.15, -0.1) is 0 Å². The third-order valence-corrected chi connectivity index (χ3v) is 3.59. The second-order valence-corrected chi connectivity index (χ2v) is 5.17. The van der Waals surface area contributed by atoms with Gasteiger partial charge in [0.2, 0.25) is 0 Å². The van der Waals surface area contributed by atoms with E-state index in [1.54, 1.807) is 0 Å². The summed E-state index contributed by atoms with van der Waals surface area (Å²) in [5.41, 5.74) is 3.21. The average molecular weight is 292 g/mol. The molecular formula is C18H20N4. The maximum absolute atomic E-state index is 4.73. The van der Waals surface area contributed by atoms with Gasteiger partial charge < -0.3 is 10.2 Å². The highest BCUT2D eigenvalue weighted by Crippen LogP contribution is 2.26. The topological polar surface area (TPSA) is 33.1 Å². The molecule has 112 valence electrons. The lowest BCUT2D eigenvalue weighted by molar-refractivity contribution is 0.756. The number of aromatic nitrogens is 2. The number of para-hydroxylation sites is 2. The van der Waals surface area contributed by atoms with Gasteiger partial charge in [-0.1, -0.05) is 36.4 Å². The molecule has 0 bridgehead atoms. The van der Waals surface area contributed by atoms with E-state index in [0.29, 0.717) is 0 Å². The molecule has 1 aromatic heterocycles. The van der Waals surface area contributed by atoms with E-state index >= 15 is 0 Å². The summed E-state index contributed by atoms with van der Waals surface area (Å²) >= 11 is 0. The van der Waals surface area contributed by atoms with Crippen molar-refractivity contribution in [3.63, 3.8) is 0 Å². The predicted molar refractivity (Wildman–Crippen MR) is 90.8 cm³/mol. The summed E-state index contributed by atoms with van der Waals surface area (Å²) in [5, 5.41) is 7.89. The Balaban J connectivity index is 2.06. The van der Waals surface area contributed by atoms with Crippen LogP contribution in [0.25, 0.3) is 5.69 Å². The summed E-state index contributed by atoms with van der Waals surface area (Å²) in [6, 6.07) is 22.6. The molecule has 1 heterocycles. The van der Waals surface area contributed by atoms with Crippen LogP contribution in [0.1, 0.15) is 5.69 Å². The first-order valence-corrected chi connectivity index (χ1v) is 7.37. The van der Waals surface area contributed by atoms with Crippen molar-refractivity contribution in [3.8, 4) is 5.69 Å². The van der Waals surface area contributed by atoms with Gasteiger partial charge in [-0.2, -0.15) is 5.10 Å². The molecule has 4 heteroatoms. The van der Waals surface area contributed by atoms with Crippen LogP contribution in [0.2, 0.25) is 0 Å². The lowest BCUT2D eigenvalue weighted by Crippen LogP contribution is -2.14. The molecule has 0 aliphatic carbocycles. The van der Waals surface area contributed by atoms with E-state index in [1.165, 1.54) is 0 Å². The Morgan fingerprint density at radius 1 is 1.00 bits per heavy atom. The Bertz CT molecular complexity index is 719. The number of nitrogens with zero attached hydrogens (tertiary/aromatic N) is 3. The van der Waals surface area contributed by atoms with Gasteiger partial charge in [-0.25, -0.2) is 4.68 Å². The first kappa shape index (κ1) is 14.4. The zero-order chi connectivity index (χ0) is 15.4. The van der Waals surface area contributed by atoms with Crippen molar-refractivity contribution in [1.82, 2.24) is 15.1 Å². The fraction of sp³-hybridized carbons (Fsp3) is 0.167. The highest BCUT2D eigenvalue weighted by atomic mass is 15.4. The molecule has 0 aliphatic rings. The summed E-state index contributed by atoms with van der Waals surface area (Å²) in [4.78, 5) is 2.15. The number of nitrogens with one attached hydrogen (secondary N) is 1. The van der Waals surface area contributed by atoms with E-state index in [-0.39, 0.29) is 0 Å². The minimum Gasteiger partial charge on any atom is -0.329 e. The number of anilines is 2. The van der Waals surface area contributed by atoms with E-state index < -0.39 is 0 Å². The molecule has 0 saturated carbocycles. The number of hydrogen-bond acceptors (Lipinski definition) is 3. The number of hydrogen-bond donors (Lipinski definition) is 1. The quantitative estimate of drug-likeness (QED) is 0.783. The highest BCUT2D eigenvalue weighted by Gasteiger charge is 2.14. The largest absolute Gasteiger partial charge is 0.329 e. The first-order valence-electron chi connectivity index (χ1n) is 7.37. The van der Waals surface area contributed by atoms with Crippen molar-refractivity contribution >= 4 is 11.5 Å². The van der Waals surface area contributed by atoms with Crippen molar-refractivity contribution in [2.45, 2.75) is 6.54 Å². The maximum Gasteiger partial charge on any atom is 0.136 e. The lowest BCUT2D eigenvalue weighted by atomic mass is 10.3. The van der Waals surface area contributed by atoms with Gasteiger partial charge in [0, 0.05) is 25.3 Å². The van der Waals surface area contributed by atoms with E-state index in [9.17, 15) is 0 Å². The Morgan fingerprint density at radius 3 is 2.27 bits per heavy atom. The summed E-state index contributed by atoms with van der Waals surface area (Å²) in [5.74, 6) is 1.04. The van der Waals surface area contributed by atoms with Gasteiger partial charge in [0.1, 0.15) is 5.82 Å². The fourth-order valence-corrected chi connectivity index (χ4v) is 2.47. The molecule has 0 unspecified atom stereocenters. The van der Waals surface area contributed by atoms with Crippen LogP contribution < -0.4 is 10.2 Å². The van der Waals surface area contributed by atoms with Crippen molar-refractivity contribution in [2.24, 2.45) is 0 Å². The van der Waals surface area contributed by atoms with Crippen LogP contribution >= 0.6 is 0 Å². The summed E-state index contributed by atoms with van der Waals surface area (Å²) < 4.78 is 1.99. The normalized spacial score (nSPS) is 10.6. The van der Waals surface area contributed by atoms with Crippen LogP contribution in [-0.2, 0) is 6.54 Å². The van der Waals surface area contributed by atoms with Gasteiger partial charge >= 0.3 is 0 Å². The van der Waals surface area contributed by atoms with Crippen molar-refractivity contribution in [1.29, 1.82) is 0 Å². The van der Waals surface area contributed by atoms with Gasteiger partial charge in [-0.3, -0.25) is 0 Å². The van der Waals surface area contributed by atoms with Gasteiger partial charge in [0.05, 0.1) is 11.4 Å². The molecule has 0 saturated heterocycles. The van der Waals surface area contributed by atoms with Crippen molar-refractivity contribution in [3.05, 3.63) is 72.4 Å². The second-order valence-electron chi connectivity index (χ2n) is 5.17. The third-order valence-electron chi connectivity index (χ3n) is 3.59. The first-order chi connectivity index (χ1) is 10.8. The molecule has 2 aromatic carbocycles. The molecule has 0 aliphatic heterocycles. The Hall–Kier alpha value is -2.59. The monoisotopic (exact) mass is 292 g/mol. The van der Waals surface area contributed by atoms with Gasteiger partial charge in [-0.05, 0) is 31.3 Å². The molecule has 4 nitrogen and oxygen atoms in total. The smallest absolute Gasteiger partial charge is 0.136 e.